The van der Waals surface area contributed by atoms with E-state index in [9.17, 15) is 9.36 Å². The highest BCUT2D eigenvalue weighted by atomic mass is 31.2. The van der Waals surface area contributed by atoms with Crippen molar-refractivity contribution in [1.29, 1.82) is 0 Å². The van der Waals surface area contributed by atoms with Gasteiger partial charge in [-0.15, -0.1) is 5.10 Å². The molecule has 126 valence electrons. The smallest absolute Gasteiger partial charge is 0.378 e. The summed E-state index contributed by atoms with van der Waals surface area (Å²) in [7, 11) is 3.34. The molecule has 0 radical (unpaired) electrons. The Bertz CT molecular complexity index is 545. The molecule has 10 heteroatoms. The summed E-state index contributed by atoms with van der Waals surface area (Å²) in [5.74, 6) is -0.935. The van der Waals surface area contributed by atoms with Crippen molar-refractivity contribution in [3.05, 3.63) is 5.82 Å². The van der Waals surface area contributed by atoms with Gasteiger partial charge in [-0.3, -0.25) is 4.57 Å². The zero-order valence-electron chi connectivity index (χ0n) is 13.8. The predicted octanol–water partition coefficient (Wildman–Crippen LogP) is 1.29. The van der Waals surface area contributed by atoms with Gasteiger partial charge in [0.05, 0.1) is 6.61 Å². The van der Waals surface area contributed by atoms with Crippen LogP contribution in [0.5, 0.6) is 0 Å². The molecule has 0 spiro atoms. The van der Waals surface area contributed by atoms with Crippen molar-refractivity contribution >= 4 is 19.5 Å². The number of hydrogen-bond donors (Lipinski definition) is 1. The molecule has 1 aromatic heterocycles. The van der Waals surface area contributed by atoms with Crippen molar-refractivity contribution in [3.8, 4) is 0 Å². The fourth-order valence-electron chi connectivity index (χ4n) is 1.87. The lowest BCUT2D eigenvalue weighted by atomic mass is 10.3. The van der Waals surface area contributed by atoms with E-state index in [1.165, 1.54) is 9.34 Å². The molecular weight excluding hydrogens is 307 g/mol. The summed E-state index contributed by atoms with van der Waals surface area (Å²) in [6.45, 7) is 2.37. The number of unbranched alkanes of at least 4 members (excludes halogenated alkanes) is 2. The molecule has 2 N–H and O–H groups in total. The molecule has 0 saturated carbocycles. The average Bonchev–Trinajstić information content (AvgIpc) is 2.84. The first-order valence-corrected chi connectivity index (χ1v) is 8.67. The van der Waals surface area contributed by atoms with Crippen LogP contribution >= 0.6 is 7.59 Å². The first-order chi connectivity index (χ1) is 10.2. The van der Waals surface area contributed by atoms with E-state index < -0.39 is 13.6 Å². The van der Waals surface area contributed by atoms with Gasteiger partial charge in [-0.05, 0) is 34.6 Å². The van der Waals surface area contributed by atoms with Crippen molar-refractivity contribution in [2.45, 2.75) is 26.2 Å². The Morgan fingerprint density at radius 2 is 1.86 bits per heavy atom. The Morgan fingerprint density at radius 3 is 2.36 bits per heavy atom. The standard InChI is InChI=1S/C12H25N6O3P/c1-6-7-8-9-21-11(19)10-14-12(13)18(15-10)22(20,16(2)3)17(4)5/h6-9H2,1-5H3,(H2,13,14,15). The summed E-state index contributed by atoms with van der Waals surface area (Å²) in [5.41, 5.74) is 5.77. The second-order valence-electron chi connectivity index (χ2n) is 5.23. The fourth-order valence-corrected chi connectivity index (χ4v) is 3.78. The number of nitrogens with zero attached hydrogens (tertiary/aromatic N) is 5. The van der Waals surface area contributed by atoms with Gasteiger partial charge in [-0.1, -0.05) is 19.8 Å². The molecule has 0 unspecified atom stereocenters. The number of nitrogen functional groups attached to an aromatic ring is 1. The van der Waals surface area contributed by atoms with Crippen LogP contribution in [0.2, 0.25) is 0 Å². The van der Waals surface area contributed by atoms with Crippen LogP contribution in [0.3, 0.4) is 0 Å². The van der Waals surface area contributed by atoms with Crippen molar-refractivity contribution in [2.24, 2.45) is 0 Å². The number of carbonyl (C=O) groups excluding carboxylic acids is 1. The minimum atomic E-state index is -3.23. The fraction of sp³-hybridized carbons (Fsp3) is 0.750. The van der Waals surface area contributed by atoms with Crippen LogP contribution in [0.1, 0.15) is 36.8 Å². The number of carbonyl (C=O) groups is 1. The van der Waals surface area contributed by atoms with E-state index in [0.29, 0.717) is 6.61 Å². The summed E-state index contributed by atoms with van der Waals surface area (Å²) in [6.07, 6.45) is 2.80. The molecule has 1 heterocycles. The monoisotopic (exact) mass is 332 g/mol. The molecule has 0 aliphatic carbocycles. The molecular formula is C12H25N6O3P. The first kappa shape index (κ1) is 18.6. The molecule has 0 saturated heterocycles. The Hall–Kier alpha value is -1.44. The topological polar surface area (TPSA) is 107 Å². The van der Waals surface area contributed by atoms with Crippen molar-refractivity contribution < 1.29 is 14.1 Å². The third kappa shape index (κ3) is 3.85. The van der Waals surface area contributed by atoms with Gasteiger partial charge in [-0.2, -0.15) is 9.44 Å². The zero-order valence-corrected chi connectivity index (χ0v) is 14.7. The first-order valence-electron chi connectivity index (χ1n) is 7.11. The van der Waals surface area contributed by atoms with E-state index >= 15 is 0 Å². The molecule has 0 aliphatic heterocycles. The van der Waals surface area contributed by atoms with E-state index in [0.717, 1.165) is 23.7 Å². The maximum Gasteiger partial charge on any atom is 0.378 e. The minimum Gasteiger partial charge on any atom is -0.460 e. The van der Waals surface area contributed by atoms with Crippen LogP contribution in [0, 0.1) is 0 Å². The number of nitrogens with two attached hydrogens (primary N) is 1. The molecule has 1 rings (SSSR count). The molecule has 0 amide bonds. The number of aromatic nitrogens is 3. The Morgan fingerprint density at radius 1 is 1.27 bits per heavy atom. The van der Waals surface area contributed by atoms with Gasteiger partial charge in [0.15, 0.2) is 0 Å². The second-order valence-corrected chi connectivity index (χ2v) is 8.24. The van der Waals surface area contributed by atoms with Gasteiger partial charge < -0.3 is 10.5 Å². The average molecular weight is 332 g/mol. The summed E-state index contributed by atoms with van der Waals surface area (Å²) in [5, 5.41) is 3.98. The van der Waals surface area contributed by atoms with Gasteiger partial charge in [0.2, 0.25) is 5.95 Å². The highest BCUT2D eigenvalue weighted by Gasteiger charge is 2.35. The van der Waals surface area contributed by atoms with Gasteiger partial charge in [0, 0.05) is 0 Å². The summed E-state index contributed by atoms with van der Waals surface area (Å²) < 4.78 is 22.2. The zero-order chi connectivity index (χ0) is 16.9. The third-order valence-electron chi connectivity index (χ3n) is 3.07. The third-order valence-corrected chi connectivity index (χ3v) is 5.94. The Labute approximate surface area is 131 Å². The van der Waals surface area contributed by atoms with E-state index in [-0.39, 0.29) is 11.8 Å². The lowest BCUT2D eigenvalue weighted by Gasteiger charge is -2.29. The Balaban J connectivity index is 2.96. The Kier molecular flexibility index (Phi) is 6.52. The van der Waals surface area contributed by atoms with E-state index in [4.69, 9.17) is 10.5 Å². The highest BCUT2D eigenvalue weighted by molar-refractivity contribution is 7.57. The maximum atomic E-state index is 13.1. The van der Waals surface area contributed by atoms with Crippen LogP contribution in [-0.2, 0) is 9.30 Å². The number of ether oxygens (including phenoxy) is 1. The lowest BCUT2D eigenvalue weighted by molar-refractivity contribution is 0.0484. The minimum absolute atomic E-state index is 0.0914. The normalized spacial score (nSPS) is 12.1. The lowest BCUT2D eigenvalue weighted by Crippen LogP contribution is -2.27. The number of hydrogen-bond acceptors (Lipinski definition) is 6. The number of anilines is 1. The molecule has 0 fully saturated rings. The van der Waals surface area contributed by atoms with E-state index in [1.54, 1.807) is 28.2 Å². The van der Waals surface area contributed by atoms with Gasteiger partial charge >= 0.3 is 13.6 Å². The quantitative estimate of drug-likeness (QED) is 0.431. The van der Waals surface area contributed by atoms with Crippen molar-refractivity contribution in [3.63, 3.8) is 0 Å². The summed E-state index contributed by atoms with van der Waals surface area (Å²) >= 11 is 0. The predicted molar refractivity (Wildman–Crippen MR) is 84.6 cm³/mol. The van der Waals surface area contributed by atoms with Crippen LogP contribution < -0.4 is 5.73 Å². The molecule has 1 aromatic rings. The van der Waals surface area contributed by atoms with Gasteiger partial charge in [0.1, 0.15) is 0 Å². The van der Waals surface area contributed by atoms with Crippen LogP contribution in [-0.4, -0.2) is 64.6 Å². The molecule has 0 atom stereocenters. The summed E-state index contributed by atoms with van der Waals surface area (Å²) in [6, 6.07) is 0. The summed E-state index contributed by atoms with van der Waals surface area (Å²) in [4.78, 5) is 15.8. The SMILES string of the molecule is CCCCCOC(=O)c1nc(N)n(P(=O)(N(C)C)N(C)C)n1. The molecule has 9 nitrogen and oxygen atoms in total. The molecule has 0 aliphatic rings. The number of rotatable bonds is 8. The maximum absolute atomic E-state index is 13.1. The van der Waals surface area contributed by atoms with Crippen LogP contribution in [0.4, 0.5) is 5.95 Å². The van der Waals surface area contributed by atoms with E-state index in [1.807, 2.05) is 0 Å². The molecule has 0 aromatic carbocycles. The molecule has 22 heavy (non-hydrogen) atoms. The van der Waals surface area contributed by atoms with Crippen LogP contribution in [0.15, 0.2) is 0 Å². The largest absolute Gasteiger partial charge is 0.460 e. The van der Waals surface area contributed by atoms with Gasteiger partial charge in [-0.25, -0.2) is 14.1 Å². The van der Waals surface area contributed by atoms with Crippen molar-refractivity contribution in [1.82, 2.24) is 23.9 Å². The van der Waals surface area contributed by atoms with Gasteiger partial charge in [0.25, 0.3) is 5.82 Å². The second kappa shape index (κ2) is 7.71. The van der Waals surface area contributed by atoms with Crippen LogP contribution in [0.25, 0.3) is 0 Å². The van der Waals surface area contributed by atoms with Crippen molar-refractivity contribution in [2.75, 3.05) is 40.5 Å². The number of esters is 1. The highest BCUT2D eigenvalue weighted by Crippen LogP contribution is 2.51. The van der Waals surface area contributed by atoms with E-state index in [2.05, 4.69) is 17.0 Å². The molecule has 0 bridgehead atoms.